The van der Waals surface area contributed by atoms with Gasteiger partial charge in [-0.15, -0.1) is 0 Å². The van der Waals surface area contributed by atoms with E-state index in [0.29, 0.717) is 18.7 Å². The number of rotatable bonds is 6. The number of carbonyl (C=O) groups is 2. The van der Waals surface area contributed by atoms with Crippen molar-refractivity contribution in [2.24, 2.45) is 0 Å². The van der Waals surface area contributed by atoms with Crippen molar-refractivity contribution >= 4 is 23.8 Å². The highest BCUT2D eigenvalue weighted by Crippen LogP contribution is 2.11. The molecule has 1 atom stereocenters. The molecule has 2 amide bonds. The van der Waals surface area contributed by atoms with E-state index in [1.54, 1.807) is 38.2 Å². The van der Waals surface area contributed by atoms with Crippen LogP contribution in [-0.4, -0.2) is 46.8 Å². The molecule has 0 saturated heterocycles. The molecule has 114 valence electrons. The number of urea groups is 1. The molecule has 3 N–H and O–H groups in total. The van der Waals surface area contributed by atoms with Crippen molar-refractivity contribution in [2.75, 3.05) is 18.9 Å². The van der Waals surface area contributed by atoms with Crippen molar-refractivity contribution in [3.63, 3.8) is 0 Å². The monoisotopic (exact) mass is 292 g/mol. The van der Waals surface area contributed by atoms with Gasteiger partial charge >= 0.3 is 12.0 Å². The zero-order valence-electron chi connectivity index (χ0n) is 12.1. The number of carbonyl (C=O) groups excluding carboxylic acids is 1. The average Bonchev–Trinajstić information content (AvgIpc) is 2.43. The second kappa shape index (κ2) is 8.06. The number of nitrogens with zero attached hydrogens (tertiary/aromatic N) is 1. The molecular weight excluding hydrogens is 272 g/mol. The summed E-state index contributed by atoms with van der Waals surface area (Å²) in [5.74, 6) is -1.01. The van der Waals surface area contributed by atoms with Gasteiger partial charge in [-0.2, -0.15) is 0 Å². The molecule has 0 spiro atoms. The molecular formula is C15H20N2O4. The molecule has 1 aromatic rings. The second-order valence-electron chi connectivity index (χ2n) is 4.78. The number of aliphatic hydroxyl groups is 1. The van der Waals surface area contributed by atoms with Gasteiger partial charge in [0.15, 0.2) is 0 Å². The maximum atomic E-state index is 11.9. The molecule has 0 aliphatic rings. The van der Waals surface area contributed by atoms with Crippen LogP contribution in [0.25, 0.3) is 6.08 Å². The van der Waals surface area contributed by atoms with Gasteiger partial charge in [0.2, 0.25) is 0 Å². The molecule has 0 aliphatic heterocycles. The Morgan fingerprint density at radius 1 is 1.33 bits per heavy atom. The van der Waals surface area contributed by atoms with Gasteiger partial charge in [-0.05, 0) is 37.1 Å². The van der Waals surface area contributed by atoms with Crippen LogP contribution in [0.5, 0.6) is 0 Å². The molecule has 21 heavy (non-hydrogen) atoms. The normalized spacial score (nSPS) is 12.1. The minimum atomic E-state index is -1.01. The van der Waals surface area contributed by atoms with Gasteiger partial charge < -0.3 is 20.4 Å². The lowest BCUT2D eigenvalue weighted by atomic mass is 10.2. The Morgan fingerprint density at radius 3 is 2.48 bits per heavy atom. The summed E-state index contributed by atoms with van der Waals surface area (Å²) in [6, 6.07) is 6.56. The van der Waals surface area contributed by atoms with E-state index in [0.717, 1.165) is 11.6 Å². The van der Waals surface area contributed by atoms with Crippen LogP contribution in [0.2, 0.25) is 0 Å². The van der Waals surface area contributed by atoms with Gasteiger partial charge in [0, 0.05) is 25.4 Å². The second-order valence-corrected chi connectivity index (χ2v) is 4.78. The van der Waals surface area contributed by atoms with Crippen molar-refractivity contribution in [1.29, 1.82) is 0 Å². The van der Waals surface area contributed by atoms with E-state index in [4.69, 9.17) is 5.11 Å². The third kappa shape index (κ3) is 6.58. The molecule has 1 rings (SSSR count). The summed E-state index contributed by atoms with van der Waals surface area (Å²) < 4.78 is 0. The highest BCUT2D eigenvalue weighted by molar-refractivity contribution is 5.89. The van der Waals surface area contributed by atoms with E-state index in [9.17, 15) is 14.7 Å². The summed E-state index contributed by atoms with van der Waals surface area (Å²) in [7, 11) is 1.65. The van der Waals surface area contributed by atoms with Crippen molar-refractivity contribution in [3.8, 4) is 0 Å². The van der Waals surface area contributed by atoms with Gasteiger partial charge in [-0.3, -0.25) is 0 Å². The molecule has 1 unspecified atom stereocenters. The number of carboxylic acid groups (broad SMARTS) is 1. The Kier molecular flexibility index (Phi) is 6.42. The van der Waals surface area contributed by atoms with Crippen molar-refractivity contribution in [1.82, 2.24) is 4.90 Å². The molecule has 0 aromatic heterocycles. The topological polar surface area (TPSA) is 89.9 Å². The fourth-order valence-corrected chi connectivity index (χ4v) is 1.55. The maximum absolute atomic E-state index is 11.9. The zero-order valence-corrected chi connectivity index (χ0v) is 12.1. The van der Waals surface area contributed by atoms with E-state index in [-0.39, 0.29) is 6.03 Å². The first-order valence-corrected chi connectivity index (χ1v) is 6.59. The lowest BCUT2D eigenvalue weighted by molar-refractivity contribution is -0.131. The van der Waals surface area contributed by atoms with Crippen molar-refractivity contribution in [2.45, 2.75) is 19.4 Å². The van der Waals surface area contributed by atoms with Crippen LogP contribution in [0.4, 0.5) is 10.5 Å². The van der Waals surface area contributed by atoms with Crippen LogP contribution < -0.4 is 5.32 Å². The molecule has 6 nitrogen and oxygen atoms in total. The summed E-state index contributed by atoms with van der Waals surface area (Å²) in [5.41, 5.74) is 1.36. The summed E-state index contributed by atoms with van der Waals surface area (Å²) in [6.45, 7) is 2.14. The van der Waals surface area contributed by atoms with E-state index in [1.165, 1.54) is 11.0 Å². The number of aliphatic hydroxyl groups excluding tert-OH is 1. The third-order valence-electron chi connectivity index (χ3n) is 2.81. The van der Waals surface area contributed by atoms with E-state index in [2.05, 4.69) is 5.32 Å². The molecule has 6 heteroatoms. The average molecular weight is 292 g/mol. The minimum Gasteiger partial charge on any atom is -0.478 e. The summed E-state index contributed by atoms with van der Waals surface area (Å²) >= 11 is 0. The van der Waals surface area contributed by atoms with Crippen molar-refractivity contribution < 1.29 is 19.8 Å². The summed E-state index contributed by atoms with van der Waals surface area (Å²) in [4.78, 5) is 23.8. The Balaban J connectivity index is 2.55. The summed E-state index contributed by atoms with van der Waals surface area (Å²) in [5, 5.41) is 20.4. The molecule has 0 radical (unpaired) electrons. The lowest BCUT2D eigenvalue weighted by Crippen LogP contribution is -2.33. The number of benzene rings is 1. The number of nitrogens with one attached hydrogen (secondary N) is 1. The van der Waals surface area contributed by atoms with Gasteiger partial charge in [-0.1, -0.05) is 12.1 Å². The van der Waals surface area contributed by atoms with Gasteiger partial charge in [-0.25, -0.2) is 9.59 Å². The zero-order chi connectivity index (χ0) is 15.8. The first-order chi connectivity index (χ1) is 9.88. The Morgan fingerprint density at radius 2 is 1.95 bits per heavy atom. The predicted molar refractivity (Wildman–Crippen MR) is 81.1 cm³/mol. The van der Waals surface area contributed by atoms with E-state index in [1.807, 2.05) is 0 Å². The number of carboxylic acids is 1. The van der Waals surface area contributed by atoms with Crippen LogP contribution in [-0.2, 0) is 4.79 Å². The number of hydrogen-bond donors (Lipinski definition) is 3. The predicted octanol–water partition coefficient (Wildman–Crippen LogP) is 2.02. The molecule has 0 saturated carbocycles. The molecule has 0 heterocycles. The van der Waals surface area contributed by atoms with E-state index < -0.39 is 12.1 Å². The first kappa shape index (κ1) is 16.7. The smallest absolute Gasteiger partial charge is 0.328 e. The van der Waals surface area contributed by atoms with Crippen LogP contribution in [0, 0.1) is 0 Å². The number of amides is 2. The molecule has 0 aliphatic carbocycles. The first-order valence-electron chi connectivity index (χ1n) is 6.59. The fourth-order valence-electron chi connectivity index (χ4n) is 1.55. The quantitative estimate of drug-likeness (QED) is 0.700. The van der Waals surface area contributed by atoms with Crippen LogP contribution in [0.1, 0.15) is 18.9 Å². The number of anilines is 1. The standard InChI is InChI=1S/C15H20N2O4/c1-11(18)9-10-17(2)15(21)16-13-6-3-12(4-7-13)5-8-14(19)20/h3-8,11,18H,9-10H2,1-2H3,(H,16,21)(H,19,20)/b8-5+. The molecule has 0 fully saturated rings. The van der Waals surface area contributed by atoms with Gasteiger partial charge in [0.1, 0.15) is 0 Å². The fraction of sp³-hybridized carbons (Fsp3) is 0.333. The largest absolute Gasteiger partial charge is 0.478 e. The minimum absolute atomic E-state index is 0.260. The molecule has 1 aromatic carbocycles. The third-order valence-corrected chi connectivity index (χ3v) is 2.81. The molecule has 0 bridgehead atoms. The van der Waals surface area contributed by atoms with Crippen LogP contribution in [0.15, 0.2) is 30.3 Å². The van der Waals surface area contributed by atoms with Gasteiger partial charge in [0.05, 0.1) is 6.10 Å². The van der Waals surface area contributed by atoms with Crippen LogP contribution >= 0.6 is 0 Å². The Labute approximate surface area is 123 Å². The number of aliphatic carboxylic acids is 1. The van der Waals surface area contributed by atoms with E-state index >= 15 is 0 Å². The summed E-state index contributed by atoms with van der Waals surface area (Å²) in [6.07, 6.45) is 2.60. The Hall–Kier alpha value is -2.34. The Bertz CT molecular complexity index is 509. The maximum Gasteiger partial charge on any atom is 0.328 e. The van der Waals surface area contributed by atoms with Crippen molar-refractivity contribution in [3.05, 3.63) is 35.9 Å². The van der Waals surface area contributed by atoms with Gasteiger partial charge in [0.25, 0.3) is 0 Å². The lowest BCUT2D eigenvalue weighted by Gasteiger charge is -2.18. The van der Waals surface area contributed by atoms with Crippen LogP contribution in [0.3, 0.4) is 0 Å². The number of hydrogen-bond acceptors (Lipinski definition) is 3. The highest BCUT2D eigenvalue weighted by Gasteiger charge is 2.09. The SMILES string of the molecule is CC(O)CCN(C)C(=O)Nc1ccc(/C=C/C(=O)O)cc1. The highest BCUT2D eigenvalue weighted by atomic mass is 16.4.